The summed E-state index contributed by atoms with van der Waals surface area (Å²) in [6, 6.07) is 1.91. The molecule has 0 saturated heterocycles. The highest BCUT2D eigenvalue weighted by atomic mass is 16.5. The summed E-state index contributed by atoms with van der Waals surface area (Å²) in [5.41, 5.74) is 2.62. The van der Waals surface area contributed by atoms with Crippen LogP contribution in [0.1, 0.15) is 38.9 Å². The van der Waals surface area contributed by atoms with E-state index in [4.69, 9.17) is 10.6 Å². The monoisotopic (exact) mass is 279 g/mol. The van der Waals surface area contributed by atoms with E-state index in [9.17, 15) is 0 Å². The Kier molecular flexibility index (Phi) is 5.55. The normalized spacial score (nSPS) is 14.3. The van der Waals surface area contributed by atoms with Gasteiger partial charge in [-0.05, 0) is 32.1 Å². The number of hydrogen-bond donors (Lipinski definition) is 2. The van der Waals surface area contributed by atoms with Crippen LogP contribution in [0.5, 0.6) is 0 Å². The van der Waals surface area contributed by atoms with E-state index in [0.717, 1.165) is 31.2 Å². The Labute approximate surface area is 120 Å². The lowest BCUT2D eigenvalue weighted by atomic mass is 10.3. The summed E-state index contributed by atoms with van der Waals surface area (Å²) in [5.74, 6) is 8.58. The minimum absolute atomic E-state index is 0.419. The molecule has 0 spiro atoms. The minimum atomic E-state index is 0.419. The first-order valence-corrected chi connectivity index (χ1v) is 7.44. The topological polar surface area (TPSA) is 76.3 Å². The van der Waals surface area contributed by atoms with Gasteiger partial charge in [0.25, 0.3) is 0 Å². The van der Waals surface area contributed by atoms with Gasteiger partial charge in [0.2, 0.25) is 0 Å². The Hall–Kier alpha value is -1.40. The zero-order chi connectivity index (χ0) is 14.4. The van der Waals surface area contributed by atoms with Gasteiger partial charge in [-0.2, -0.15) is 0 Å². The lowest BCUT2D eigenvalue weighted by molar-refractivity contribution is 0.128. The van der Waals surface area contributed by atoms with Gasteiger partial charge in [0.05, 0.1) is 0 Å². The van der Waals surface area contributed by atoms with Crippen molar-refractivity contribution in [3.05, 3.63) is 11.9 Å². The third-order valence-electron chi connectivity index (χ3n) is 3.34. The van der Waals surface area contributed by atoms with Gasteiger partial charge in [-0.25, -0.2) is 15.8 Å². The van der Waals surface area contributed by atoms with Crippen molar-refractivity contribution in [1.29, 1.82) is 0 Å². The number of ether oxygens (including phenoxy) is 1. The molecule has 0 amide bonds. The second-order valence-corrected chi connectivity index (χ2v) is 5.20. The average Bonchev–Trinajstić information content (AvgIpc) is 3.28. The number of nitrogens with two attached hydrogens (primary N) is 1. The summed E-state index contributed by atoms with van der Waals surface area (Å²) >= 11 is 0. The molecule has 2 rings (SSSR count). The highest BCUT2D eigenvalue weighted by molar-refractivity contribution is 5.49. The molecule has 1 saturated carbocycles. The number of nitrogens with one attached hydrogen (secondary N) is 1. The Morgan fingerprint density at radius 1 is 1.40 bits per heavy atom. The highest BCUT2D eigenvalue weighted by Gasteiger charge is 2.25. The van der Waals surface area contributed by atoms with Gasteiger partial charge in [-0.1, -0.05) is 6.92 Å². The van der Waals surface area contributed by atoms with E-state index < -0.39 is 0 Å². The van der Waals surface area contributed by atoms with Gasteiger partial charge in [0.1, 0.15) is 18.2 Å². The quantitative estimate of drug-likeness (QED) is 0.531. The van der Waals surface area contributed by atoms with Crippen molar-refractivity contribution in [2.24, 2.45) is 11.8 Å². The second-order valence-electron chi connectivity index (χ2n) is 5.20. The summed E-state index contributed by atoms with van der Waals surface area (Å²) in [7, 11) is 0. The summed E-state index contributed by atoms with van der Waals surface area (Å²) in [4.78, 5) is 11.3. The number of rotatable bonds is 9. The lowest BCUT2D eigenvalue weighted by Crippen LogP contribution is -2.28. The molecule has 1 aromatic heterocycles. The van der Waals surface area contributed by atoms with E-state index >= 15 is 0 Å². The molecule has 20 heavy (non-hydrogen) atoms. The third-order valence-corrected chi connectivity index (χ3v) is 3.34. The molecule has 0 atom stereocenters. The zero-order valence-electron chi connectivity index (χ0n) is 12.4. The first-order valence-electron chi connectivity index (χ1n) is 7.44. The molecule has 1 aliphatic rings. The van der Waals surface area contributed by atoms with Crippen molar-refractivity contribution in [3.8, 4) is 0 Å². The van der Waals surface area contributed by atoms with Crippen LogP contribution in [0.3, 0.4) is 0 Å². The van der Waals surface area contributed by atoms with Crippen LogP contribution in [0.4, 0.5) is 11.6 Å². The van der Waals surface area contributed by atoms with E-state index in [1.165, 1.54) is 12.8 Å². The van der Waals surface area contributed by atoms with Crippen LogP contribution < -0.4 is 16.2 Å². The van der Waals surface area contributed by atoms with E-state index in [0.29, 0.717) is 24.9 Å². The van der Waals surface area contributed by atoms with Gasteiger partial charge < -0.3 is 15.1 Å². The van der Waals surface area contributed by atoms with Crippen molar-refractivity contribution in [2.75, 3.05) is 30.0 Å². The number of aromatic nitrogens is 2. The molecular formula is C14H25N5O. The van der Waals surface area contributed by atoms with Crippen LogP contribution in [0, 0.1) is 5.92 Å². The smallest absolute Gasteiger partial charge is 0.158 e. The second kappa shape index (κ2) is 7.40. The van der Waals surface area contributed by atoms with Gasteiger partial charge in [-0.3, -0.25) is 0 Å². The molecule has 3 N–H and O–H groups in total. The van der Waals surface area contributed by atoms with Crippen molar-refractivity contribution < 1.29 is 4.74 Å². The fraction of sp³-hybridized carbons (Fsp3) is 0.714. The lowest BCUT2D eigenvalue weighted by Gasteiger charge is -2.24. The van der Waals surface area contributed by atoms with Gasteiger partial charge in [0.15, 0.2) is 5.82 Å². The molecule has 0 aliphatic heterocycles. The standard InChI is InChI=1S/C14H25N5O/c1-3-7-19(9-11-5-6-11)14-8-12(18-15)16-13(17-14)10-20-4-2/h8,11H,3-7,9-10,15H2,1-2H3,(H,16,17,18). The Balaban J connectivity index is 2.16. The SMILES string of the molecule is CCCN(CC1CC1)c1cc(NN)nc(COCC)n1. The number of nitrogens with zero attached hydrogens (tertiary/aromatic N) is 3. The predicted molar refractivity (Wildman–Crippen MR) is 80.4 cm³/mol. The molecule has 0 aromatic carbocycles. The summed E-state index contributed by atoms with van der Waals surface area (Å²) in [6.07, 6.45) is 3.76. The van der Waals surface area contributed by atoms with E-state index in [-0.39, 0.29) is 0 Å². The van der Waals surface area contributed by atoms with Gasteiger partial charge >= 0.3 is 0 Å². The maximum absolute atomic E-state index is 5.50. The Morgan fingerprint density at radius 3 is 2.80 bits per heavy atom. The van der Waals surface area contributed by atoms with E-state index in [1.807, 2.05) is 13.0 Å². The number of nitrogen functional groups attached to an aromatic ring is 1. The van der Waals surface area contributed by atoms with Crippen LogP contribution in [0.2, 0.25) is 0 Å². The highest BCUT2D eigenvalue weighted by Crippen LogP contribution is 2.31. The van der Waals surface area contributed by atoms with Crippen LogP contribution in [0.25, 0.3) is 0 Å². The van der Waals surface area contributed by atoms with Crippen molar-refractivity contribution in [1.82, 2.24) is 9.97 Å². The fourth-order valence-corrected chi connectivity index (χ4v) is 2.16. The number of anilines is 2. The zero-order valence-corrected chi connectivity index (χ0v) is 12.4. The summed E-state index contributed by atoms with van der Waals surface area (Å²) in [6.45, 7) is 7.30. The first kappa shape index (κ1) is 15.0. The van der Waals surface area contributed by atoms with Crippen molar-refractivity contribution in [2.45, 2.75) is 39.7 Å². The van der Waals surface area contributed by atoms with Crippen molar-refractivity contribution >= 4 is 11.6 Å². The van der Waals surface area contributed by atoms with Crippen LogP contribution in [0.15, 0.2) is 6.07 Å². The van der Waals surface area contributed by atoms with Gasteiger partial charge in [0, 0.05) is 25.8 Å². The molecule has 6 nitrogen and oxygen atoms in total. The molecule has 6 heteroatoms. The maximum atomic E-state index is 5.50. The van der Waals surface area contributed by atoms with Crippen LogP contribution in [-0.4, -0.2) is 29.7 Å². The number of hydrazine groups is 1. The molecule has 1 aliphatic carbocycles. The fourth-order valence-electron chi connectivity index (χ4n) is 2.16. The Morgan fingerprint density at radius 2 is 2.20 bits per heavy atom. The molecule has 0 unspecified atom stereocenters. The van der Waals surface area contributed by atoms with E-state index in [1.54, 1.807) is 0 Å². The van der Waals surface area contributed by atoms with Crippen LogP contribution in [-0.2, 0) is 11.3 Å². The van der Waals surface area contributed by atoms with Crippen LogP contribution >= 0.6 is 0 Å². The van der Waals surface area contributed by atoms with Gasteiger partial charge in [-0.15, -0.1) is 0 Å². The minimum Gasteiger partial charge on any atom is -0.374 e. The molecule has 1 heterocycles. The molecule has 1 fully saturated rings. The molecule has 0 radical (unpaired) electrons. The first-order chi connectivity index (χ1) is 9.76. The predicted octanol–water partition coefficient (Wildman–Crippen LogP) is 1.93. The Bertz CT molecular complexity index is 422. The molecule has 1 aromatic rings. The third kappa shape index (κ3) is 4.31. The van der Waals surface area contributed by atoms with E-state index in [2.05, 4.69) is 27.2 Å². The molecular weight excluding hydrogens is 254 g/mol. The molecule has 0 bridgehead atoms. The summed E-state index contributed by atoms with van der Waals surface area (Å²) < 4.78 is 5.40. The largest absolute Gasteiger partial charge is 0.374 e. The number of hydrogen-bond acceptors (Lipinski definition) is 6. The summed E-state index contributed by atoms with van der Waals surface area (Å²) in [5, 5.41) is 0. The van der Waals surface area contributed by atoms with Crippen molar-refractivity contribution in [3.63, 3.8) is 0 Å². The average molecular weight is 279 g/mol. The maximum Gasteiger partial charge on any atom is 0.158 e. The molecule has 112 valence electrons.